The Kier molecular flexibility index (Phi) is 4.82. The monoisotopic (exact) mass is 426 g/mol. The molecule has 1 N–H and O–H groups in total. The van der Waals surface area contributed by atoms with Gasteiger partial charge in [-0.05, 0) is 0 Å². The van der Waals surface area contributed by atoms with Gasteiger partial charge in [-0.2, -0.15) is 0 Å². The molecular weight excluding hydrogens is 401 g/mol. The Labute approximate surface area is 162 Å². The van der Waals surface area contributed by atoms with Crippen LogP contribution in [0.4, 0.5) is 0 Å². The number of allylic oxidation sites excluding steroid dienone is 1. The van der Waals surface area contributed by atoms with Crippen LogP contribution in [0.25, 0.3) is 17.0 Å². The Bertz CT molecular complexity index is 1030. The molecule has 1 atom stereocenters. The molecule has 2 aromatic carbocycles. The van der Waals surface area contributed by atoms with Gasteiger partial charge >= 0.3 is 138 Å². The summed E-state index contributed by atoms with van der Waals surface area (Å²) < 4.78 is 1.98. The molecule has 1 aliphatic carbocycles. The molecule has 3 aromatic rings. The van der Waals surface area contributed by atoms with Crippen molar-refractivity contribution in [1.29, 1.82) is 0 Å². The number of para-hydroxylation sites is 1. The molecule has 0 fully saturated rings. The summed E-state index contributed by atoms with van der Waals surface area (Å²) in [6.45, 7) is 0. The van der Waals surface area contributed by atoms with E-state index in [9.17, 15) is 0 Å². The van der Waals surface area contributed by atoms with Gasteiger partial charge in [0.15, 0.2) is 0 Å². The van der Waals surface area contributed by atoms with Crippen LogP contribution in [-0.2, 0) is 12.8 Å². The van der Waals surface area contributed by atoms with Crippen LogP contribution in [-0.4, -0.2) is 12.6 Å². The maximum atomic E-state index is 3.78. The molecule has 5 heteroatoms. The van der Waals surface area contributed by atoms with Crippen molar-refractivity contribution in [1.82, 2.24) is 4.98 Å². The van der Waals surface area contributed by atoms with Gasteiger partial charge in [-0.25, -0.2) is 0 Å². The zero-order chi connectivity index (χ0) is 16.4. The van der Waals surface area contributed by atoms with Gasteiger partial charge in [0.25, 0.3) is 0 Å². The topological polar surface area (TPSA) is 15.8 Å². The van der Waals surface area contributed by atoms with Crippen molar-refractivity contribution in [3.63, 3.8) is 0 Å². The summed E-state index contributed by atoms with van der Waals surface area (Å²) in [5.74, 6) is 0. The molecular formula is C20H26Cl2NSiTi. The van der Waals surface area contributed by atoms with Crippen LogP contribution in [0.15, 0.2) is 60.7 Å². The summed E-state index contributed by atoms with van der Waals surface area (Å²) >= 11 is -3.51. The van der Waals surface area contributed by atoms with Crippen LogP contribution in [0.2, 0.25) is 15.7 Å². The Balaban J connectivity index is 0.00000113. The fraction of sp³-hybridized carbons (Fsp3) is 0.200. The normalized spacial score (nSPS) is 18.6. The molecule has 0 saturated heterocycles. The zero-order valence-electron chi connectivity index (χ0n) is 15.0. The third-order valence-electron chi connectivity index (χ3n) is 5.79. The fourth-order valence-electron chi connectivity index (χ4n) is 4.13. The second kappa shape index (κ2) is 5.87. The molecule has 0 radical (unpaired) electrons. The van der Waals surface area contributed by atoms with Crippen molar-refractivity contribution in [2.24, 2.45) is 0 Å². The summed E-state index contributed by atoms with van der Waals surface area (Å²) in [5, 5.41) is 9.03. The van der Waals surface area contributed by atoms with Gasteiger partial charge in [-0.1, -0.05) is 0 Å². The minimum absolute atomic E-state index is 0. The minimum atomic E-state index is -3.51. The summed E-state index contributed by atoms with van der Waals surface area (Å²) in [4.78, 5) is 3.78. The van der Waals surface area contributed by atoms with Gasteiger partial charge in [-0.3, -0.25) is 0 Å². The van der Waals surface area contributed by atoms with Crippen molar-refractivity contribution in [2.75, 3.05) is 0 Å². The maximum absolute atomic E-state index is 3.78. The van der Waals surface area contributed by atoms with Gasteiger partial charge in [0.1, 0.15) is 0 Å². The molecule has 4 rings (SSSR count). The van der Waals surface area contributed by atoms with Gasteiger partial charge in [0.2, 0.25) is 0 Å². The molecule has 0 amide bonds. The zero-order valence-corrected chi connectivity index (χ0v) is 19.6. The van der Waals surface area contributed by atoms with Crippen LogP contribution in [0.3, 0.4) is 0 Å². The van der Waals surface area contributed by atoms with E-state index < -0.39 is 12.8 Å². The quantitative estimate of drug-likeness (QED) is 0.533. The second-order valence-electron chi connectivity index (χ2n) is 9.44. The third-order valence-corrected chi connectivity index (χ3v) is 18.1. The molecule has 133 valence electrons. The van der Waals surface area contributed by atoms with E-state index in [0.717, 1.165) is 0 Å². The average molecular weight is 427 g/mol. The van der Waals surface area contributed by atoms with Crippen LogP contribution >= 0.6 is 24.8 Å². The average Bonchev–Trinajstić information content (AvgIpc) is 3.11. The van der Waals surface area contributed by atoms with E-state index in [1.54, 1.807) is 0 Å². The van der Waals surface area contributed by atoms with Gasteiger partial charge in [0, 0.05) is 0 Å². The molecule has 1 aromatic heterocycles. The first-order valence-corrected chi connectivity index (χ1v) is 18.8. The molecule has 0 spiro atoms. The number of aromatic amines is 1. The first-order chi connectivity index (χ1) is 10.7. The number of rotatable bonds is 2. The van der Waals surface area contributed by atoms with Gasteiger partial charge < -0.3 is 0 Å². The predicted octanol–water partition coefficient (Wildman–Crippen LogP) is 5.32. The van der Waals surface area contributed by atoms with Crippen LogP contribution in [0, 0.1) is 0 Å². The number of aromatic nitrogens is 1. The number of fused-ring (bicyclic) bond motifs is 2. The van der Waals surface area contributed by atoms with Crippen molar-refractivity contribution in [3.8, 4) is 0 Å². The molecule has 0 bridgehead atoms. The Morgan fingerprint density at radius 1 is 0.920 bits per heavy atom. The number of nitrogens with one attached hydrogen (secondary N) is 1. The fourth-order valence-corrected chi connectivity index (χ4v) is 13.0. The molecule has 0 aliphatic heterocycles. The molecule has 0 saturated carbocycles. The molecule has 1 heterocycles. The SMILES string of the molecule is Cl.Cl.[CH3][Ti]([CH3])([CH3])(=[SiH2])([c]1cc2ccccc2[nH]1)[CH]1C=Cc2ccccc21. The van der Waals surface area contributed by atoms with Crippen molar-refractivity contribution < 1.29 is 12.8 Å². The van der Waals surface area contributed by atoms with Crippen molar-refractivity contribution in [3.05, 3.63) is 71.8 Å². The number of hydrogen-bond acceptors (Lipinski definition) is 0. The van der Waals surface area contributed by atoms with Crippen LogP contribution < -0.4 is 4.00 Å². The van der Waals surface area contributed by atoms with E-state index in [1.807, 2.05) is 0 Å². The number of H-pyrrole nitrogens is 1. The first-order valence-electron chi connectivity index (χ1n) is 8.37. The van der Waals surface area contributed by atoms with Crippen LogP contribution in [0.5, 0.6) is 0 Å². The Hall–Kier alpha value is -0.769. The molecule has 1 unspecified atom stereocenters. The number of halogens is 2. The van der Waals surface area contributed by atoms with E-state index in [0.29, 0.717) is 4.22 Å². The van der Waals surface area contributed by atoms with Crippen molar-refractivity contribution in [2.45, 2.75) is 19.9 Å². The third kappa shape index (κ3) is 3.09. The summed E-state index contributed by atoms with van der Waals surface area (Å²) in [6.07, 6.45) is 4.77. The van der Waals surface area contributed by atoms with Crippen molar-refractivity contribution >= 4 is 53.4 Å². The second-order valence-corrected chi connectivity index (χ2v) is 37.8. The van der Waals surface area contributed by atoms with E-state index in [2.05, 4.69) is 95.1 Å². The molecule has 25 heavy (non-hydrogen) atoms. The molecule has 1 nitrogen and oxygen atoms in total. The Morgan fingerprint density at radius 2 is 1.56 bits per heavy atom. The summed E-state index contributed by atoms with van der Waals surface area (Å²) in [7, 11) is 2.29. The van der Waals surface area contributed by atoms with Gasteiger partial charge in [0.05, 0.1) is 0 Å². The van der Waals surface area contributed by atoms with E-state index in [-0.39, 0.29) is 24.8 Å². The summed E-state index contributed by atoms with van der Waals surface area (Å²) in [5.41, 5.74) is 4.14. The number of benzene rings is 2. The summed E-state index contributed by atoms with van der Waals surface area (Å²) in [6, 6.07) is 19.9. The Morgan fingerprint density at radius 3 is 2.28 bits per heavy atom. The van der Waals surface area contributed by atoms with Crippen LogP contribution in [0.1, 0.15) is 15.3 Å². The molecule has 1 aliphatic rings. The standard InChI is InChI=1S/C9H7.C8H6N.3CH3.2ClH.H2Si.Ti/c1-2-5-9-7-3-6-8(9)4-1;1-2-4-8-7(3-1)5-6-9-8;;;;;;;/h1-7H;1-5,9H;3*1H3;2*1H;1H2;. The number of hydrogen-bond donors (Lipinski definition) is 1. The predicted molar refractivity (Wildman–Crippen MR) is 117 cm³/mol. The van der Waals surface area contributed by atoms with E-state index in [1.165, 1.54) is 26.0 Å². The van der Waals surface area contributed by atoms with E-state index >= 15 is 0 Å². The van der Waals surface area contributed by atoms with Gasteiger partial charge in [-0.15, -0.1) is 24.8 Å². The van der Waals surface area contributed by atoms with E-state index in [4.69, 9.17) is 0 Å². The first kappa shape index (κ1) is 20.5.